The molecule has 0 radical (unpaired) electrons. The van der Waals surface area contributed by atoms with Crippen molar-refractivity contribution in [2.45, 2.75) is 38.3 Å². The van der Waals surface area contributed by atoms with Crippen molar-refractivity contribution in [3.8, 4) is 0 Å². The van der Waals surface area contributed by atoms with Crippen LogP contribution in [0.5, 0.6) is 0 Å². The number of carbonyl (C=O) groups is 1. The molecule has 1 unspecified atom stereocenters. The molecule has 1 saturated heterocycles. The molecule has 1 fully saturated rings. The average molecular weight is 313 g/mol. The zero-order valence-corrected chi connectivity index (χ0v) is 13.2. The first-order valence-electron chi connectivity index (χ1n) is 8.23. The van der Waals surface area contributed by atoms with Gasteiger partial charge in [0.1, 0.15) is 12.2 Å². The van der Waals surface area contributed by atoms with Crippen LogP contribution in [0.4, 0.5) is 0 Å². The number of likely N-dealkylation sites (tertiary alicyclic amines) is 1. The van der Waals surface area contributed by atoms with Gasteiger partial charge in [0.15, 0.2) is 0 Å². The third-order valence-electron chi connectivity index (χ3n) is 4.25. The second-order valence-electron chi connectivity index (χ2n) is 5.94. The van der Waals surface area contributed by atoms with Gasteiger partial charge in [0.05, 0.1) is 6.04 Å². The summed E-state index contributed by atoms with van der Waals surface area (Å²) in [4.78, 5) is 18.8. The topological polar surface area (TPSA) is 73.9 Å². The van der Waals surface area contributed by atoms with Crippen LogP contribution in [0.25, 0.3) is 0 Å². The van der Waals surface area contributed by atoms with E-state index in [1.807, 2.05) is 18.2 Å². The molecule has 23 heavy (non-hydrogen) atoms. The van der Waals surface area contributed by atoms with Crippen molar-refractivity contribution in [3.63, 3.8) is 0 Å². The maximum absolute atomic E-state index is 12.4. The maximum atomic E-state index is 12.4. The molecule has 6 nitrogen and oxygen atoms in total. The summed E-state index contributed by atoms with van der Waals surface area (Å²) >= 11 is 0. The second kappa shape index (κ2) is 7.87. The molecule has 122 valence electrons. The Hall–Kier alpha value is -2.21. The molecule has 0 bridgehead atoms. The highest BCUT2D eigenvalue weighted by Gasteiger charge is 2.30. The van der Waals surface area contributed by atoms with E-state index < -0.39 is 0 Å². The number of hydrogen-bond acceptors (Lipinski definition) is 4. The van der Waals surface area contributed by atoms with Crippen LogP contribution in [-0.2, 0) is 17.8 Å². The van der Waals surface area contributed by atoms with Gasteiger partial charge in [-0.1, -0.05) is 30.3 Å². The molecule has 1 aromatic carbocycles. The summed E-state index contributed by atoms with van der Waals surface area (Å²) in [6.07, 6.45) is 5.21. The van der Waals surface area contributed by atoms with Crippen LogP contribution in [0.1, 0.15) is 30.7 Å². The Morgan fingerprint density at radius 1 is 1.35 bits per heavy atom. The van der Waals surface area contributed by atoms with Gasteiger partial charge in [0, 0.05) is 19.5 Å². The highest BCUT2D eigenvalue weighted by Crippen LogP contribution is 2.20. The van der Waals surface area contributed by atoms with Crippen LogP contribution in [0.3, 0.4) is 0 Å². The van der Waals surface area contributed by atoms with Gasteiger partial charge in [-0.05, 0) is 31.4 Å². The number of amides is 1. The Bertz CT molecular complexity index is 599. The summed E-state index contributed by atoms with van der Waals surface area (Å²) in [5, 5.41) is 9.71. The van der Waals surface area contributed by atoms with Gasteiger partial charge in [0.25, 0.3) is 0 Å². The highest BCUT2D eigenvalue weighted by atomic mass is 16.2. The van der Waals surface area contributed by atoms with Gasteiger partial charge < -0.3 is 5.32 Å². The van der Waals surface area contributed by atoms with Crippen molar-refractivity contribution in [2.75, 3.05) is 13.1 Å². The van der Waals surface area contributed by atoms with E-state index in [9.17, 15) is 4.79 Å². The van der Waals surface area contributed by atoms with Crippen LogP contribution < -0.4 is 5.32 Å². The summed E-state index contributed by atoms with van der Waals surface area (Å²) in [5.41, 5.74) is 1.26. The monoisotopic (exact) mass is 313 g/mol. The minimum atomic E-state index is 0.000450. The molecule has 1 amide bonds. The molecule has 0 aliphatic carbocycles. The molecule has 2 N–H and O–H groups in total. The lowest BCUT2D eigenvalue weighted by molar-refractivity contribution is -0.125. The average Bonchev–Trinajstić information content (AvgIpc) is 3.24. The van der Waals surface area contributed by atoms with E-state index in [0.717, 1.165) is 44.6 Å². The van der Waals surface area contributed by atoms with Crippen LogP contribution in [0.15, 0.2) is 36.7 Å². The molecule has 0 saturated carbocycles. The Balaban J connectivity index is 1.44. The fourth-order valence-corrected chi connectivity index (χ4v) is 3.07. The molecule has 2 heterocycles. The largest absolute Gasteiger partial charge is 0.355 e. The SMILES string of the molecule is O=C(NCCCc1ncn[nH]1)C1CCCN1Cc1ccccc1. The van der Waals surface area contributed by atoms with E-state index in [0.29, 0.717) is 6.54 Å². The number of aromatic amines is 1. The van der Waals surface area contributed by atoms with Gasteiger partial charge in [-0.15, -0.1) is 0 Å². The van der Waals surface area contributed by atoms with Crippen molar-refractivity contribution in [1.29, 1.82) is 0 Å². The highest BCUT2D eigenvalue weighted by molar-refractivity contribution is 5.82. The second-order valence-corrected chi connectivity index (χ2v) is 5.94. The first kappa shape index (κ1) is 15.7. The number of nitrogens with zero attached hydrogens (tertiary/aromatic N) is 3. The Morgan fingerprint density at radius 3 is 3.00 bits per heavy atom. The van der Waals surface area contributed by atoms with E-state index in [-0.39, 0.29) is 11.9 Å². The summed E-state index contributed by atoms with van der Waals surface area (Å²) in [7, 11) is 0. The molecule has 1 aliphatic rings. The third kappa shape index (κ3) is 4.39. The molecule has 1 aliphatic heterocycles. The van der Waals surface area contributed by atoms with Crippen LogP contribution in [0.2, 0.25) is 0 Å². The number of hydrogen-bond donors (Lipinski definition) is 2. The number of carbonyl (C=O) groups excluding carboxylic acids is 1. The lowest BCUT2D eigenvalue weighted by Crippen LogP contribution is -2.43. The number of aryl methyl sites for hydroxylation is 1. The number of H-pyrrole nitrogens is 1. The standard InChI is InChI=1S/C17H23N5O/c23-17(18-10-4-9-16-19-13-20-21-16)15-8-5-11-22(15)12-14-6-2-1-3-7-14/h1-3,6-7,13,15H,4-5,8-12H2,(H,18,23)(H,19,20,21). The van der Waals surface area contributed by atoms with Crippen LogP contribution in [0, 0.1) is 0 Å². The summed E-state index contributed by atoms with van der Waals surface area (Å²) < 4.78 is 0. The van der Waals surface area contributed by atoms with Crippen LogP contribution >= 0.6 is 0 Å². The van der Waals surface area contributed by atoms with Crippen molar-refractivity contribution in [3.05, 3.63) is 48.0 Å². The molecule has 0 spiro atoms. The molecular weight excluding hydrogens is 290 g/mol. The third-order valence-corrected chi connectivity index (χ3v) is 4.25. The lowest BCUT2D eigenvalue weighted by Gasteiger charge is -2.23. The van der Waals surface area contributed by atoms with Crippen molar-refractivity contribution in [1.82, 2.24) is 25.4 Å². The number of benzene rings is 1. The number of aromatic nitrogens is 3. The lowest BCUT2D eigenvalue weighted by atomic mass is 10.1. The molecule has 3 rings (SSSR count). The summed E-state index contributed by atoms with van der Waals surface area (Å²) in [5.74, 6) is 1.02. The minimum Gasteiger partial charge on any atom is -0.355 e. The van der Waals surface area contributed by atoms with E-state index in [2.05, 4.69) is 37.5 Å². The molecule has 1 aromatic heterocycles. The predicted molar refractivity (Wildman–Crippen MR) is 87.6 cm³/mol. The normalized spacial score (nSPS) is 18.2. The van der Waals surface area contributed by atoms with E-state index >= 15 is 0 Å². The Morgan fingerprint density at radius 2 is 2.22 bits per heavy atom. The Kier molecular flexibility index (Phi) is 5.37. The van der Waals surface area contributed by atoms with Gasteiger partial charge in [-0.25, -0.2) is 4.98 Å². The van der Waals surface area contributed by atoms with E-state index in [1.54, 1.807) is 0 Å². The molecule has 2 aromatic rings. The minimum absolute atomic E-state index is 0.000450. The molecule has 6 heteroatoms. The first-order valence-corrected chi connectivity index (χ1v) is 8.23. The van der Waals surface area contributed by atoms with Gasteiger partial charge in [-0.2, -0.15) is 5.10 Å². The smallest absolute Gasteiger partial charge is 0.237 e. The van der Waals surface area contributed by atoms with Gasteiger partial charge in [-0.3, -0.25) is 14.8 Å². The van der Waals surface area contributed by atoms with E-state index in [1.165, 1.54) is 11.9 Å². The quantitative estimate of drug-likeness (QED) is 0.760. The molecular formula is C17H23N5O. The maximum Gasteiger partial charge on any atom is 0.237 e. The Labute approximate surface area is 136 Å². The van der Waals surface area contributed by atoms with Crippen molar-refractivity contribution >= 4 is 5.91 Å². The van der Waals surface area contributed by atoms with Crippen LogP contribution in [-0.4, -0.2) is 45.1 Å². The first-order chi connectivity index (χ1) is 11.3. The number of rotatable bonds is 7. The fraction of sp³-hybridized carbons (Fsp3) is 0.471. The summed E-state index contributed by atoms with van der Waals surface area (Å²) in [6.45, 7) is 2.51. The van der Waals surface area contributed by atoms with Gasteiger partial charge >= 0.3 is 0 Å². The number of nitrogens with one attached hydrogen (secondary N) is 2. The van der Waals surface area contributed by atoms with Crippen molar-refractivity contribution in [2.24, 2.45) is 0 Å². The van der Waals surface area contributed by atoms with E-state index in [4.69, 9.17) is 0 Å². The zero-order chi connectivity index (χ0) is 15.9. The predicted octanol–water partition coefficient (Wildman–Crippen LogP) is 1.52. The van der Waals surface area contributed by atoms with Crippen molar-refractivity contribution < 1.29 is 4.79 Å². The van der Waals surface area contributed by atoms with Gasteiger partial charge in [0.2, 0.25) is 5.91 Å². The fourth-order valence-electron chi connectivity index (χ4n) is 3.07. The molecule has 1 atom stereocenters. The zero-order valence-electron chi connectivity index (χ0n) is 13.2. The summed E-state index contributed by atoms with van der Waals surface area (Å²) in [6, 6.07) is 10.3.